The number of hydrogen-bond donors (Lipinski definition) is 2. The second-order valence-electron chi connectivity index (χ2n) is 5.39. The van der Waals surface area contributed by atoms with E-state index in [1.807, 2.05) is 0 Å². The lowest BCUT2D eigenvalue weighted by Gasteiger charge is -2.27. The molecule has 0 spiro atoms. The van der Waals surface area contributed by atoms with Crippen molar-refractivity contribution in [3.8, 4) is 0 Å². The van der Waals surface area contributed by atoms with Gasteiger partial charge in [-0.15, -0.1) is 0 Å². The highest BCUT2D eigenvalue weighted by atomic mass is 14.9. The Labute approximate surface area is 103 Å². The van der Waals surface area contributed by atoms with E-state index in [-0.39, 0.29) is 0 Å². The zero-order chi connectivity index (χ0) is 12.6. The Hall–Kier alpha value is -0.0800. The van der Waals surface area contributed by atoms with Gasteiger partial charge in [-0.1, -0.05) is 41.5 Å². The van der Waals surface area contributed by atoms with Crippen molar-refractivity contribution in [3.63, 3.8) is 0 Å². The van der Waals surface area contributed by atoms with Gasteiger partial charge in [-0.3, -0.25) is 0 Å². The quantitative estimate of drug-likeness (QED) is 0.634. The fraction of sp³-hybridized carbons (Fsp3) is 1.00. The fourth-order valence-corrected chi connectivity index (χ4v) is 2.23. The van der Waals surface area contributed by atoms with Crippen molar-refractivity contribution in [2.75, 3.05) is 13.1 Å². The summed E-state index contributed by atoms with van der Waals surface area (Å²) in [5.41, 5.74) is 0. The highest BCUT2D eigenvalue weighted by molar-refractivity contribution is 4.76. The van der Waals surface area contributed by atoms with Crippen LogP contribution in [-0.4, -0.2) is 25.2 Å². The van der Waals surface area contributed by atoms with Gasteiger partial charge in [0, 0.05) is 12.1 Å². The largest absolute Gasteiger partial charge is 0.314 e. The molecule has 2 atom stereocenters. The van der Waals surface area contributed by atoms with Gasteiger partial charge in [0.25, 0.3) is 0 Å². The van der Waals surface area contributed by atoms with E-state index in [9.17, 15) is 0 Å². The molecule has 0 fully saturated rings. The molecule has 0 heterocycles. The van der Waals surface area contributed by atoms with Crippen LogP contribution in [0.15, 0.2) is 0 Å². The van der Waals surface area contributed by atoms with Gasteiger partial charge < -0.3 is 10.6 Å². The maximum atomic E-state index is 3.59. The Morgan fingerprint density at radius 1 is 0.688 bits per heavy atom. The zero-order valence-electron chi connectivity index (χ0n) is 12.1. The van der Waals surface area contributed by atoms with Crippen LogP contribution in [0.2, 0.25) is 0 Å². The van der Waals surface area contributed by atoms with E-state index < -0.39 is 0 Å². The first-order valence-corrected chi connectivity index (χ1v) is 6.99. The third kappa shape index (κ3) is 6.49. The van der Waals surface area contributed by atoms with Gasteiger partial charge in [0.1, 0.15) is 0 Å². The van der Waals surface area contributed by atoms with Gasteiger partial charge in [-0.05, 0) is 37.8 Å². The smallest absolute Gasteiger partial charge is 0.00905 e. The molecule has 0 aromatic rings. The van der Waals surface area contributed by atoms with Crippen molar-refractivity contribution < 1.29 is 0 Å². The van der Waals surface area contributed by atoms with E-state index >= 15 is 0 Å². The molecule has 0 rings (SSSR count). The van der Waals surface area contributed by atoms with E-state index in [4.69, 9.17) is 0 Å². The first-order chi connectivity index (χ1) is 7.52. The molecule has 0 saturated heterocycles. The molecular formula is C14H32N2. The van der Waals surface area contributed by atoms with Crippen LogP contribution in [0, 0.1) is 11.8 Å². The summed E-state index contributed by atoms with van der Waals surface area (Å²) in [7, 11) is 0. The summed E-state index contributed by atoms with van der Waals surface area (Å²) < 4.78 is 0. The number of hydrogen-bond acceptors (Lipinski definition) is 2. The molecule has 2 heteroatoms. The summed E-state index contributed by atoms with van der Waals surface area (Å²) in [5.74, 6) is 1.46. The van der Waals surface area contributed by atoms with Crippen LogP contribution in [0.4, 0.5) is 0 Å². The molecule has 0 aliphatic rings. The van der Waals surface area contributed by atoms with Gasteiger partial charge in [0.2, 0.25) is 0 Å². The molecule has 0 aromatic heterocycles. The predicted octanol–water partition coefficient (Wildman–Crippen LogP) is 3.03. The molecule has 2 nitrogen and oxygen atoms in total. The monoisotopic (exact) mass is 228 g/mol. The van der Waals surface area contributed by atoms with E-state index in [1.165, 1.54) is 12.8 Å². The van der Waals surface area contributed by atoms with Crippen molar-refractivity contribution in [3.05, 3.63) is 0 Å². The van der Waals surface area contributed by atoms with Crippen LogP contribution >= 0.6 is 0 Å². The molecular weight excluding hydrogens is 196 g/mol. The SMILES string of the molecule is CCNC(CCC(NCC)C(C)C)C(C)C. The van der Waals surface area contributed by atoms with Gasteiger partial charge in [0.15, 0.2) is 0 Å². The average Bonchev–Trinajstić information content (AvgIpc) is 2.21. The lowest BCUT2D eigenvalue weighted by atomic mass is 9.92. The first kappa shape index (κ1) is 15.9. The van der Waals surface area contributed by atoms with Crippen molar-refractivity contribution in [2.45, 2.75) is 66.5 Å². The second-order valence-corrected chi connectivity index (χ2v) is 5.39. The first-order valence-electron chi connectivity index (χ1n) is 6.99. The van der Waals surface area contributed by atoms with E-state index in [0.717, 1.165) is 24.9 Å². The van der Waals surface area contributed by atoms with Crippen LogP contribution < -0.4 is 10.6 Å². The van der Waals surface area contributed by atoms with Gasteiger partial charge >= 0.3 is 0 Å². The second kappa shape index (κ2) is 9.00. The maximum Gasteiger partial charge on any atom is 0.00905 e. The van der Waals surface area contributed by atoms with Crippen LogP contribution in [0.1, 0.15) is 54.4 Å². The highest BCUT2D eigenvalue weighted by Crippen LogP contribution is 2.14. The Kier molecular flexibility index (Phi) is 8.96. The molecule has 0 aromatic carbocycles. The maximum absolute atomic E-state index is 3.59. The lowest BCUT2D eigenvalue weighted by molar-refractivity contribution is 0.318. The van der Waals surface area contributed by atoms with Crippen molar-refractivity contribution in [1.82, 2.24) is 10.6 Å². The summed E-state index contributed by atoms with van der Waals surface area (Å²) in [5, 5.41) is 7.18. The minimum absolute atomic E-state index is 0.671. The zero-order valence-corrected chi connectivity index (χ0v) is 12.1. The predicted molar refractivity (Wildman–Crippen MR) is 73.8 cm³/mol. The minimum atomic E-state index is 0.671. The summed E-state index contributed by atoms with van der Waals surface area (Å²) in [6.07, 6.45) is 2.56. The van der Waals surface area contributed by atoms with Crippen molar-refractivity contribution >= 4 is 0 Å². The van der Waals surface area contributed by atoms with Gasteiger partial charge in [0.05, 0.1) is 0 Å². The number of nitrogens with one attached hydrogen (secondary N) is 2. The third-order valence-corrected chi connectivity index (χ3v) is 3.33. The van der Waals surface area contributed by atoms with E-state index in [2.05, 4.69) is 52.2 Å². The van der Waals surface area contributed by atoms with E-state index in [1.54, 1.807) is 0 Å². The fourth-order valence-electron chi connectivity index (χ4n) is 2.23. The van der Waals surface area contributed by atoms with Crippen LogP contribution in [0.25, 0.3) is 0 Å². The van der Waals surface area contributed by atoms with Gasteiger partial charge in [-0.25, -0.2) is 0 Å². The third-order valence-electron chi connectivity index (χ3n) is 3.33. The topological polar surface area (TPSA) is 24.1 Å². The molecule has 0 amide bonds. The van der Waals surface area contributed by atoms with Crippen LogP contribution in [0.3, 0.4) is 0 Å². The highest BCUT2D eigenvalue weighted by Gasteiger charge is 2.17. The van der Waals surface area contributed by atoms with Crippen molar-refractivity contribution in [2.24, 2.45) is 11.8 Å². The molecule has 0 aliphatic heterocycles. The Bertz CT molecular complexity index is 137. The molecule has 0 radical (unpaired) electrons. The number of rotatable bonds is 9. The Morgan fingerprint density at radius 2 is 1.00 bits per heavy atom. The Balaban J connectivity index is 4.04. The summed E-state index contributed by atoms with van der Waals surface area (Å²) in [6.45, 7) is 15.8. The lowest BCUT2D eigenvalue weighted by Crippen LogP contribution is -2.38. The summed E-state index contributed by atoms with van der Waals surface area (Å²) in [6, 6.07) is 1.34. The molecule has 0 saturated carbocycles. The molecule has 16 heavy (non-hydrogen) atoms. The molecule has 2 unspecified atom stereocenters. The molecule has 98 valence electrons. The van der Waals surface area contributed by atoms with Crippen LogP contribution in [0.5, 0.6) is 0 Å². The Morgan fingerprint density at radius 3 is 1.19 bits per heavy atom. The van der Waals surface area contributed by atoms with Crippen LogP contribution in [-0.2, 0) is 0 Å². The average molecular weight is 228 g/mol. The normalized spacial score (nSPS) is 15.8. The molecule has 0 bridgehead atoms. The molecule has 0 aliphatic carbocycles. The van der Waals surface area contributed by atoms with E-state index in [0.29, 0.717) is 12.1 Å². The standard InChI is InChI=1S/C14H32N2/c1-7-15-13(11(3)4)9-10-14(12(5)6)16-8-2/h11-16H,7-10H2,1-6H3. The molecule has 2 N–H and O–H groups in total. The summed E-state index contributed by atoms with van der Waals surface area (Å²) in [4.78, 5) is 0. The summed E-state index contributed by atoms with van der Waals surface area (Å²) >= 11 is 0. The minimum Gasteiger partial charge on any atom is -0.314 e. The van der Waals surface area contributed by atoms with Crippen molar-refractivity contribution in [1.29, 1.82) is 0 Å². The van der Waals surface area contributed by atoms with Gasteiger partial charge in [-0.2, -0.15) is 0 Å².